The van der Waals surface area contributed by atoms with Crippen molar-refractivity contribution < 1.29 is 22.9 Å². The number of hydrogen-bond donors (Lipinski definition) is 2. The van der Waals surface area contributed by atoms with Gasteiger partial charge in [-0.3, -0.25) is 10.1 Å². The van der Waals surface area contributed by atoms with Crippen molar-refractivity contribution in [3.05, 3.63) is 28.3 Å². The highest BCUT2D eigenvalue weighted by Crippen LogP contribution is 2.29. The number of carbonyl (C=O) groups excluding carboxylic acids is 1. The first kappa shape index (κ1) is 18.9. The molecule has 1 amide bonds. The van der Waals surface area contributed by atoms with Crippen LogP contribution in [-0.4, -0.2) is 50.1 Å². The SMILES string of the molecule is CCOC(=O)N1CCC(Nc2ccc(S(N)(=O)=O)cc2[N+](=O)[O-])CC1. The number of amides is 1. The van der Waals surface area contributed by atoms with Crippen LogP contribution in [0, 0.1) is 10.1 Å². The molecule has 10 nitrogen and oxygen atoms in total. The summed E-state index contributed by atoms with van der Waals surface area (Å²) in [6, 6.07) is 3.41. The van der Waals surface area contributed by atoms with Crippen molar-refractivity contribution in [3.8, 4) is 0 Å². The maximum atomic E-state index is 11.7. The summed E-state index contributed by atoms with van der Waals surface area (Å²) < 4.78 is 27.6. The molecule has 11 heteroatoms. The fourth-order valence-corrected chi connectivity index (χ4v) is 3.14. The fraction of sp³-hybridized carbons (Fsp3) is 0.500. The summed E-state index contributed by atoms with van der Waals surface area (Å²) in [6.45, 7) is 2.98. The van der Waals surface area contributed by atoms with Gasteiger partial charge < -0.3 is 15.0 Å². The van der Waals surface area contributed by atoms with Crippen molar-refractivity contribution in [1.29, 1.82) is 0 Å². The number of nitro groups is 1. The second kappa shape index (κ2) is 7.66. The van der Waals surface area contributed by atoms with E-state index >= 15 is 0 Å². The maximum absolute atomic E-state index is 11.7. The Morgan fingerprint density at radius 2 is 2.08 bits per heavy atom. The van der Waals surface area contributed by atoms with E-state index in [9.17, 15) is 23.3 Å². The van der Waals surface area contributed by atoms with Gasteiger partial charge >= 0.3 is 6.09 Å². The molecular formula is C14H20N4O6S. The van der Waals surface area contributed by atoms with Crippen molar-refractivity contribution in [2.24, 2.45) is 5.14 Å². The van der Waals surface area contributed by atoms with Crippen LogP contribution in [0.15, 0.2) is 23.1 Å². The average molecular weight is 372 g/mol. The van der Waals surface area contributed by atoms with Crippen LogP contribution in [-0.2, 0) is 14.8 Å². The van der Waals surface area contributed by atoms with Gasteiger partial charge in [0.2, 0.25) is 10.0 Å². The number of rotatable bonds is 5. The average Bonchev–Trinajstić information content (AvgIpc) is 2.55. The molecule has 0 bridgehead atoms. The van der Waals surface area contributed by atoms with Gasteiger partial charge in [-0.2, -0.15) is 0 Å². The smallest absolute Gasteiger partial charge is 0.409 e. The molecule has 0 aliphatic carbocycles. The van der Waals surface area contributed by atoms with Crippen LogP contribution >= 0.6 is 0 Å². The minimum Gasteiger partial charge on any atom is -0.450 e. The van der Waals surface area contributed by atoms with Gasteiger partial charge in [-0.1, -0.05) is 0 Å². The quantitative estimate of drug-likeness (QED) is 0.585. The van der Waals surface area contributed by atoms with Crippen LogP contribution in [0.2, 0.25) is 0 Å². The van der Waals surface area contributed by atoms with Gasteiger partial charge in [0, 0.05) is 25.2 Å². The molecule has 0 spiro atoms. The lowest BCUT2D eigenvalue weighted by molar-refractivity contribution is -0.384. The number of nitrogens with two attached hydrogens (primary N) is 1. The van der Waals surface area contributed by atoms with Crippen molar-refractivity contribution in [1.82, 2.24) is 4.90 Å². The molecule has 1 aromatic rings. The van der Waals surface area contributed by atoms with Crippen LogP contribution in [0.25, 0.3) is 0 Å². The van der Waals surface area contributed by atoms with Gasteiger partial charge in [-0.25, -0.2) is 18.4 Å². The van der Waals surface area contributed by atoms with Crippen molar-refractivity contribution in [3.63, 3.8) is 0 Å². The lowest BCUT2D eigenvalue weighted by atomic mass is 10.0. The number of primary sulfonamides is 1. The molecule has 0 saturated carbocycles. The number of nitrogens with one attached hydrogen (secondary N) is 1. The molecule has 0 aromatic heterocycles. The summed E-state index contributed by atoms with van der Waals surface area (Å²) in [4.78, 5) is 23.5. The third-order valence-corrected chi connectivity index (χ3v) is 4.79. The number of ether oxygens (including phenoxy) is 1. The second-order valence-corrected chi connectivity index (χ2v) is 7.15. The summed E-state index contributed by atoms with van der Waals surface area (Å²) in [7, 11) is -4.02. The first-order valence-corrected chi connectivity index (χ1v) is 9.26. The number of benzene rings is 1. The number of sulfonamides is 1. The maximum Gasteiger partial charge on any atom is 0.409 e. The van der Waals surface area contributed by atoms with Crippen LogP contribution in [0.4, 0.5) is 16.2 Å². The summed E-state index contributed by atoms with van der Waals surface area (Å²) in [6.07, 6.45) is 0.809. The molecule has 1 aliphatic rings. The van der Waals surface area contributed by atoms with Crippen molar-refractivity contribution >= 4 is 27.5 Å². The summed E-state index contributed by atoms with van der Waals surface area (Å²) in [5.74, 6) is 0. The van der Waals surface area contributed by atoms with Crippen molar-refractivity contribution in [2.45, 2.75) is 30.7 Å². The highest BCUT2D eigenvalue weighted by Gasteiger charge is 2.26. The minimum atomic E-state index is -4.02. The zero-order chi connectivity index (χ0) is 18.6. The Morgan fingerprint density at radius 1 is 1.44 bits per heavy atom. The topological polar surface area (TPSA) is 145 Å². The molecule has 0 radical (unpaired) electrons. The highest BCUT2D eigenvalue weighted by molar-refractivity contribution is 7.89. The van der Waals surface area contributed by atoms with E-state index < -0.39 is 14.9 Å². The third-order valence-electron chi connectivity index (χ3n) is 3.88. The predicted molar refractivity (Wildman–Crippen MR) is 89.7 cm³/mol. The normalized spacial score (nSPS) is 15.7. The molecule has 1 aliphatic heterocycles. The minimum absolute atomic E-state index is 0.0790. The van der Waals surface area contributed by atoms with Gasteiger partial charge in [-0.15, -0.1) is 0 Å². The first-order valence-electron chi connectivity index (χ1n) is 7.72. The number of anilines is 1. The molecule has 0 atom stereocenters. The Bertz CT molecular complexity index is 759. The molecule has 2 rings (SSSR count). The molecule has 1 saturated heterocycles. The largest absolute Gasteiger partial charge is 0.450 e. The Morgan fingerprint density at radius 3 is 2.60 bits per heavy atom. The van der Waals surface area contributed by atoms with Crippen LogP contribution < -0.4 is 10.5 Å². The van der Waals surface area contributed by atoms with Crippen LogP contribution in [0.1, 0.15) is 19.8 Å². The molecule has 1 fully saturated rings. The van der Waals surface area contributed by atoms with Gasteiger partial charge in [-0.05, 0) is 31.9 Å². The highest BCUT2D eigenvalue weighted by atomic mass is 32.2. The number of nitrogens with zero attached hydrogens (tertiary/aromatic N) is 2. The molecular weight excluding hydrogens is 352 g/mol. The van der Waals surface area contributed by atoms with Crippen LogP contribution in [0.5, 0.6) is 0 Å². The fourth-order valence-electron chi connectivity index (χ4n) is 2.60. The Labute approximate surface area is 145 Å². The van der Waals surface area contributed by atoms with Crippen LogP contribution in [0.3, 0.4) is 0 Å². The zero-order valence-corrected chi connectivity index (χ0v) is 14.5. The predicted octanol–water partition coefficient (Wildman–Crippen LogP) is 1.28. The number of carbonyl (C=O) groups is 1. The van der Waals surface area contributed by atoms with E-state index in [1.54, 1.807) is 11.8 Å². The lowest BCUT2D eigenvalue weighted by Gasteiger charge is -2.32. The summed E-state index contributed by atoms with van der Waals surface area (Å²) in [5.41, 5.74) is -0.147. The zero-order valence-electron chi connectivity index (χ0n) is 13.7. The summed E-state index contributed by atoms with van der Waals surface area (Å²) in [5, 5.41) is 19.3. The monoisotopic (exact) mass is 372 g/mol. The standard InChI is InChI=1S/C14H20N4O6S/c1-2-24-14(19)17-7-5-10(6-8-17)16-12-4-3-11(25(15,22)23)9-13(12)18(20)21/h3-4,9-10,16H,2,5-8H2,1H3,(H2,15,22,23). The van der Waals surface area contributed by atoms with E-state index in [2.05, 4.69) is 5.32 Å². The number of nitro benzene ring substituents is 1. The molecule has 25 heavy (non-hydrogen) atoms. The molecule has 1 aromatic carbocycles. The molecule has 3 N–H and O–H groups in total. The molecule has 1 heterocycles. The number of hydrogen-bond acceptors (Lipinski definition) is 7. The van der Waals surface area contributed by atoms with E-state index in [-0.39, 0.29) is 28.4 Å². The third kappa shape index (κ3) is 4.79. The van der Waals surface area contributed by atoms with Gasteiger partial charge in [0.05, 0.1) is 16.4 Å². The number of likely N-dealkylation sites (tertiary alicyclic amines) is 1. The van der Waals surface area contributed by atoms with Gasteiger partial charge in [0.25, 0.3) is 5.69 Å². The van der Waals surface area contributed by atoms with E-state index in [4.69, 9.17) is 9.88 Å². The summed E-state index contributed by atoms with van der Waals surface area (Å²) >= 11 is 0. The van der Waals surface area contributed by atoms with Gasteiger partial charge in [0.1, 0.15) is 5.69 Å². The first-order chi connectivity index (χ1) is 11.7. The Kier molecular flexibility index (Phi) is 5.80. The van der Waals surface area contributed by atoms with Gasteiger partial charge in [0.15, 0.2) is 0 Å². The second-order valence-electron chi connectivity index (χ2n) is 5.59. The van der Waals surface area contributed by atoms with E-state index in [0.717, 1.165) is 6.07 Å². The Hall–Kier alpha value is -2.40. The Balaban J connectivity index is 2.08. The molecule has 138 valence electrons. The van der Waals surface area contributed by atoms with E-state index in [1.165, 1.54) is 12.1 Å². The number of piperidine rings is 1. The van der Waals surface area contributed by atoms with Crippen molar-refractivity contribution in [2.75, 3.05) is 25.0 Å². The van der Waals surface area contributed by atoms with E-state index in [0.29, 0.717) is 32.5 Å². The van der Waals surface area contributed by atoms with E-state index in [1.807, 2.05) is 0 Å². The molecule has 0 unspecified atom stereocenters. The lowest BCUT2D eigenvalue weighted by Crippen LogP contribution is -2.42.